The molecule has 0 saturated carbocycles. The first-order chi connectivity index (χ1) is 17.0. The number of piperidine rings is 1. The van der Waals surface area contributed by atoms with Gasteiger partial charge < -0.3 is 15.1 Å². The van der Waals surface area contributed by atoms with Gasteiger partial charge in [-0.1, -0.05) is 47.1 Å². The lowest BCUT2D eigenvalue weighted by Gasteiger charge is -2.31. The Morgan fingerprint density at radius 3 is 2.83 bits per heavy atom. The molecule has 0 radical (unpaired) electrons. The van der Waals surface area contributed by atoms with E-state index in [0.29, 0.717) is 36.0 Å². The highest BCUT2D eigenvalue weighted by Gasteiger charge is 2.29. The topological polar surface area (TPSA) is 83.9 Å². The molecule has 35 heavy (non-hydrogen) atoms. The Hall–Kier alpha value is -3.23. The van der Waals surface area contributed by atoms with Gasteiger partial charge in [-0.2, -0.15) is 0 Å². The minimum atomic E-state index is -0.276. The van der Waals surface area contributed by atoms with Crippen molar-refractivity contribution in [1.82, 2.24) is 9.88 Å². The van der Waals surface area contributed by atoms with E-state index in [4.69, 9.17) is 21.4 Å². The number of thiazole rings is 1. The van der Waals surface area contributed by atoms with E-state index in [1.54, 1.807) is 23.5 Å². The highest BCUT2D eigenvalue weighted by atomic mass is 35.5. The molecule has 1 saturated heterocycles. The van der Waals surface area contributed by atoms with Crippen molar-refractivity contribution in [3.05, 3.63) is 80.3 Å². The van der Waals surface area contributed by atoms with Gasteiger partial charge in [-0.15, -0.1) is 11.3 Å². The van der Waals surface area contributed by atoms with E-state index in [9.17, 15) is 9.59 Å². The van der Waals surface area contributed by atoms with E-state index in [-0.39, 0.29) is 12.1 Å². The molecule has 0 spiro atoms. The Bertz CT molecular complexity index is 1280. The number of aryl methyl sites for hydroxylation is 1. The lowest BCUT2D eigenvalue weighted by molar-refractivity contribution is 0.0843. The van der Waals surface area contributed by atoms with Crippen LogP contribution in [0.3, 0.4) is 0 Å². The number of nitrogens with one attached hydrogen (secondary N) is 1. The smallest absolute Gasteiger partial charge is 0.321 e. The molecule has 9 heteroatoms. The second-order valence-electron chi connectivity index (χ2n) is 8.80. The average molecular weight is 509 g/mol. The normalized spacial score (nSPS) is 18.2. The molecule has 2 amide bonds. The van der Waals surface area contributed by atoms with Crippen molar-refractivity contribution in [2.24, 2.45) is 5.16 Å². The number of hydrogen-bond donors (Lipinski definition) is 1. The molecule has 1 N–H and O–H groups in total. The molecule has 1 atom stereocenters. The van der Waals surface area contributed by atoms with Gasteiger partial charge in [0, 0.05) is 52.6 Å². The van der Waals surface area contributed by atoms with Crippen LogP contribution in [-0.4, -0.2) is 41.0 Å². The molecule has 3 heterocycles. The van der Waals surface area contributed by atoms with Gasteiger partial charge in [-0.3, -0.25) is 4.79 Å². The maximum atomic E-state index is 12.8. The standard InChI is InChI=1S/C26H25ClN4O3S/c1-16-6-7-19(27)12-21(16)29-26(33)31-10-8-17(9-11-31)25-28-23(15-35-25)22-13-24(34-30-22)20-5-3-2-4-18(20)14-32/h2-7,12,14-15,17,24H,8-11,13H2,1H3,(H,29,33). The van der Waals surface area contributed by atoms with Crippen LogP contribution in [0, 0.1) is 6.92 Å². The quantitative estimate of drug-likeness (QED) is 0.416. The fourth-order valence-corrected chi connectivity index (χ4v) is 5.64. The van der Waals surface area contributed by atoms with Crippen molar-refractivity contribution in [3.8, 4) is 0 Å². The Kier molecular flexibility index (Phi) is 6.83. The minimum absolute atomic E-state index is 0.104. The molecule has 2 aromatic carbocycles. The molecule has 3 aromatic rings. The monoisotopic (exact) mass is 508 g/mol. The van der Waals surface area contributed by atoms with E-state index < -0.39 is 0 Å². The number of hydrogen-bond acceptors (Lipinski definition) is 6. The van der Waals surface area contributed by atoms with Crippen molar-refractivity contribution >= 4 is 46.7 Å². The predicted molar refractivity (Wildman–Crippen MR) is 138 cm³/mol. The summed E-state index contributed by atoms with van der Waals surface area (Å²) < 4.78 is 0. The number of oxime groups is 1. The fourth-order valence-electron chi connectivity index (χ4n) is 4.47. The minimum Gasteiger partial charge on any atom is -0.387 e. The summed E-state index contributed by atoms with van der Waals surface area (Å²) in [6.07, 6.45) is 2.86. The van der Waals surface area contributed by atoms with Gasteiger partial charge in [0.1, 0.15) is 12.0 Å². The summed E-state index contributed by atoms with van der Waals surface area (Å²) >= 11 is 7.70. The van der Waals surface area contributed by atoms with Crippen LogP contribution in [0.15, 0.2) is 53.0 Å². The number of rotatable bonds is 5. The number of amides is 2. The van der Waals surface area contributed by atoms with Crippen LogP contribution >= 0.6 is 22.9 Å². The lowest BCUT2D eigenvalue weighted by Crippen LogP contribution is -2.40. The van der Waals surface area contributed by atoms with Crippen molar-refractivity contribution in [2.45, 2.75) is 38.2 Å². The Morgan fingerprint density at radius 1 is 1.23 bits per heavy atom. The van der Waals surface area contributed by atoms with E-state index in [1.165, 1.54) is 0 Å². The summed E-state index contributed by atoms with van der Waals surface area (Å²) in [4.78, 5) is 36.4. The number of benzene rings is 2. The first-order valence-electron chi connectivity index (χ1n) is 11.6. The van der Waals surface area contributed by atoms with Crippen molar-refractivity contribution in [3.63, 3.8) is 0 Å². The van der Waals surface area contributed by atoms with Gasteiger partial charge in [0.25, 0.3) is 0 Å². The third-order valence-corrected chi connectivity index (χ3v) is 7.77. The van der Waals surface area contributed by atoms with E-state index in [0.717, 1.165) is 52.4 Å². The van der Waals surface area contributed by atoms with E-state index in [1.807, 2.05) is 47.5 Å². The zero-order chi connectivity index (χ0) is 24.4. The SMILES string of the molecule is Cc1ccc(Cl)cc1NC(=O)N1CCC(c2nc(C3=NOC(c4ccccc4C=O)C3)cs2)CC1. The van der Waals surface area contributed by atoms with E-state index >= 15 is 0 Å². The molecule has 1 unspecified atom stereocenters. The van der Waals surface area contributed by atoms with Gasteiger partial charge >= 0.3 is 6.03 Å². The van der Waals surface area contributed by atoms with Crippen molar-refractivity contribution < 1.29 is 14.4 Å². The first kappa shape index (κ1) is 23.5. The number of halogens is 1. The molecular weight excluding hydrogens is 484 g/mol. The molecule has 5 rings (SSSR count). The van der Waals surface area contributed by atoms with Crippen LogP contribution in [0.4, 0.5) is 10.5 Å². The number of aldehydes is 1. The zero-order valence-corrected chi connectivity index (χ0v) is 20.8. The van der Waals surface area contributed by atoms with Crippen LogP contribution in [0.2, 0.25) is 5.02 Å². The van der Waals surface area contributed by atoms with Crippen molar-refractivity contribution in [2.75, 3.05) is 18.4 Å². The summed E-state index contributed by atoms with van der Waals surface area (Å²) in [5.41, 5.74) is 4.80. The van der Waals surface area contributed by atoms with Gasteiger partial charge in [0.05, 0.1) is 10.7 Å². The summed E-state index contributed by atoms with van der Waals surface area (Å²) in [5.74, 6) is 0.306. The average Bonchev–Trinajstić information content (AvgIpc) is 3.56. The van der Waals surface area contributed by atoms with Gasteiger partial charge in [0.2, 0.25) is 0 Å². The third kappa shape index (κ3) is 5.09. The van der Waals surface area contributed by atoms with Crippen LogP contribution in [0.1, 0.15) is 63.5 Å². The third-order valence-electron chi connectivity index (χ3n) is 6.53. The van der Waals surface area contributed by atoms with Crippen molar-refractivity contribution in [1.29, 1.82) is 0 Å². The van der Waals surface area contributed by atoms with Crippen LogP contribution < -0.4 is 5.32 Å². The number of nitrogens with zero attached hydrogens (tertiary/aromatic N) is 3. The highest BCUT2D eigenvalue weighted by molar-refractivity contribution is 7.10. The molecule has 2 aliphatic heterocycles. The zero-order valence-electron chi connectivity index (χ0n) is 19.2. The second-order valence-corrected chi connectivity index (χ2v) is 10.1. The molecule has 1 fully saturated rings. The summed E-state index contributed by atoms with van der Waals surface area (Å²) in [6, 6.07) is 12.8. The number of carbonyl (C=O) groups is 2. The highest BCUT2D eigenvalue weighted by Crippen LogP contribution is 2.34. The molecule has 0 aliphatic carbocycles. The maximum absolute atomic E-state index is 12.8. The van der Waals surface area contributed by atoms with Crippen LogP contribution in [-0.2, 0) is 4.84 Å². The lowest BCUT2D eigenvalue weighted by atomic mass is 9.97. The largest absolute Gasteiger partial charge is 0.387 e. The van der Waals surface area contributed by atoms with E-state index in [2.05, 4.69) is 10.5 Å². The summed E-state index contributed by atoms with van der Waals surface area (Å²) in [5, 5.41) is 10.9. The van der Waals surface area contributed by atoms with Gasteiger partial charge in [-0.25, -0.2) is 9.78 Å². The second kappa shape index (κ2) is 10.2. The Balaban J connectivity index is 1.17. The summed E-state index contributed by atoms with van der Waals surface area (Å²) in [7, 11) is 0. The number of carbonyl (C=O) groups excluding carboxylic acids is 2. The summed E-state index contributed by atoms with van der Waals surface area (Å²) in [6.45, 7) is 3.28. The first-order valence-corrected chi connectivity index (χ1v) is 12.8. The number of aromatic nitrogens is 1. The fraction of sp³-hybridized carbons (Fsp3) is 0.308. The molecule has 7 nitrogen and oxygen atoms in total. The maximum Gasteiger partial charge on any atom is 0.321 e. The van der Waals surface area contributed by atoms with Gasteiger partial charge in [0.15, 0.2) is 6.10 Å². The van der Waals surface area contributed by atoms with Crippen LogP contribution in [0.5, 0.6) is 0 Å². The molecule has 2 aliphatic rings. The molecular formula is C26H25ClN4O3S. The molecule has 180 valence electrons. The molecule has 1 aromatic heterocycles. The Labute approximate surface area is 212 Å². The van der Waals surface area contributed by atoms with Gasteiger partial charge in [-0.05, 0) is 37.5 Å². The number of anilines is 1. The number of likely N-dealkylation sites (tertiary alicyclic amines) is 1. The van der Waals surface area contributed by atoms with Crippen LogP contribution in [0.25, 0.3) is 0 Å². The number of urea groups is 1. The predicted octanol–water partition coefficient (Wildman–Crippen LogP) is 6.19. The Morgan fingerprint density at radius 2 is 2.03 bits per heavy atom. The molecule has 0 bridgehead atoms.